The number of nitrogens with one attached hydrogen (secondary N) is 2. The Kier molecular flexibility index (Phi) is 8.54. The summed E-state index contributed by atoms with van der Waals surface area (Å²) in [5.74, 6) is -1.19. The zero-order valence-electron chi connectivity index (χ0n) is 20.7. The minimum atomic E-state index is -0.772. The number of likely N-dealkylation sites (tertiary alicyclic amines) is 1. The average molecular weight is 516 g/mol. The van der Waals surface area contributed by atoms with E-state index < -0.39 is 23.9 Å². The number of amides is 5. The largest absolute Gasteiger partial charge is 0.446 e. The Morgan fingerprint density at radius 2 is 1.78 bits per heavy atom. The molecule has 13 heteroatoms. The first kappa shape index (κ1) is 26.3. The molecule has 200 valence electrons. The number of hydrogen-bond acceptors (Lipinski definition) is 9. The molecule has 3 aliphatic heterocycles. The van der Waals surface area contributed by atoms with E-state index in [1.54, 1.807) is 12.3 Å². The summed E-state index contributed by atoms with van der Waals surface area (Å²) in [6.07, 6.45) is 2.79. The maximum absolute atomic E-state index is 12.6. The fraction of sp³-hybridized carbons (Fsp3) is 0.583. The third-order valence-corrected chi connectivity index (χ3v) is 6.98. The molecule has 4 heterocycles. The van der Waals surface area contributed by atoms with Gasteiger partial charge in [-0.1, -0.05) is 0 Å². The first-order valence-electron chi connectivity index (χ1n) is 12.6. The highest BCUT2D eigenvalue weighted by atomic mass is 16.6. The topological polar surface area (TPSA) is 167 Å². The molecule has 5 amide bonds. The van der Waals surface area contributed by atoms with Crippen molar-refractivity contribution in [3.05, 3.63) is 24.0 Å². The number of aromatic nitrogens is 1. The molecule has 3 aliphatic rings. The van der Waals surface area contributed by atoms with Crippen LogP contribution in [0.5, 0.6) is 0 Å². The molecule has 0 aliphatic carbocycles. The van der Waals surface area contributed by atoms with Crippen LogP contribution in [0.3, 0.4) is 0 Å². The molecule has 1 atom stereocenters. The average Bonchev–Trinajstić information content (AvgIpc) is 2.89. The van der Waals surface area contributed by atoms with Crippen LogP contribution >= 0.6 is 0 Å². The number of carbonyl (C=O) groups excluding carboxylic acids is 5. The van der Waals surface area contributed by atoms with Gasteiger partial charge in [-0.3, -0.25) is 29.4 Å². The number of primary amides is 1. The van der Waals surface area contributed by atoms with E-state index in [1.165, 1.54) is 0 Å². The van der Waals surface area contributed by atoms with Crippen molar-refractivity contribution in [1.82, 2.24) is 25.4 Å². The van der Waals surface area contributed by atoms with Gasteiger partial charge in [-0.05, 0) is 18.6 Å². The smallest absolute Gasteiger partial charge is 0.404 e. The first-order chi connectivity index (χ1) is 17.8. The molecule has 3 saturated heterocycles. The maximum Gasteiger partial charge on any atom is 0.404 e. The fourth-order valence-electron chi connectivity index (χ4n) is 4.80. The fourth-order valence-corrected chi connectivity index (χ4v) is 4.80. The highest BCUT2D eigenvalue weighted by molar-refractivity contribution is 6.03. The monoisotopic (exact) mass is 515 g/mol. The summed E-state index contributed by atoms with van der Waals surface area (Å²) < 4.78 is 5.02. The van der Waals surface area contributed by atoms with Crippen LogP contribution in [0.4, 0.5) is 10.5 Å². The minimum absolute atomic E-state index is 0.107. The molecule has 4 N–H and O–H groups in total. The van der Waals surface area contributed by atoms with Gasteiger partial charge < -0.3 is 25.6 Å². The van der Waals surface area contributed by atoms with Gasteiger partial charge in [-0.25, -0.2) is 9.78 Å². The Morgan fingerprint density at radius 1 is 1.05 bits per heavy atom. The third-order valence-electron chi connectivity index (χ3n) is 6.98. The molecular weight excluding hydrogens is 482 g/mol. The lowest BCUT2D eigenvalue weighted by Gasteiger charge is -2.36. The Balaban J connectivity index is 1.17. The van der Waals surface area contributed by atoms with Crippen LogP contribution in [0.25, 0.3) is 0 Å². The van der Waals surface area contributed by atoms with Gasteiger partial charge in [0.2, 0.25) is 17.7 Å². The summed E-state index contributed by atoms with van der Waals surface area (Å²) in [5.41, 5.74) is 6.16. The van der Waals surface area contributed by atoms with Gasteiger partial charge in [-0.15, -0.1) is 0 Å². The molecule has 0 radical (unpaired) electrons. The third kappa shape index (κ3) is 7.15. The number of imide groups is 1. The number of anilines is 1. The number of pyridine rings is 1. The van der Waals surface area contributed by atoms with Crippen LogP contribution in [0.15, 0.2) is 18.3 Å². The van der Waals surface area contributed by atoms with Crippen molar-refractivity contribution in [2.75, 3.05) is 50.7 Å². The van der Waals surface area contributed by atoms with Crippen LogP contribution in [-0.4, -0.2) is 102 Å². The van der Waals surface area contributed by atoms with E-state index in [2.05, 4.69) is 25.4 Å². The summed E-state index contributed by atoms with van der Waals surface area (Å²) in [5, 5.41) is 4.84. The van der Waals surface area contributed by atoms with Gasteiger partial charge in [-0.2, -0.15) is 0 Å². The second kappa shape index (κ2) is 12.0. The number of ether oxygens (including phenoxy) is 1. The predicted molar refractivity (Wildman–Crippen MR) is 131 cm³/mol. The van der Waals surface area contributed by atoms with E-state index in [0.717, 1.165) is 31.9 Å². The van der Waals surface area contributed by atoms with Crippen molar-refractivity contribution in [3.8, 4) is 0 Å². The normalized spacial score (nSPS) is 21.4. The lowest BCUT2D eigenvalue weighted by molar-refractivity contribution is -0.135. The van der Waals surface area contributed by atoms with Crippen LogP contribution < -0.4 is 21.3 Å². The van der Waals surface area contributed by atoms with E-state index in [9.17, 15) is 24.0 Å². The van der Waals surface area contributed by atoms with Crippen molar-refractivity contribution >= 4 is 35.4 Å². The molecule has 0 saturated carbocycles. The van der Waals surface area contributed by atoms with Crippen LogP contribution in [0.2, 0.25) is 0 Å². The summed E-state index contributed by atoms with van der Waals surface area (Å²) in [6.45, 7) is 4.97. The number of rotatable bonds is 7. The summed E-state index contributed by atoms with van der Waals surface area (Å²) in [4.78, 5) is 69.5. The number of hydrogen-bond donors (Lipinski definition) is 3. The Hall–Kier alpha value is -3.74. The van der Waals surface area contributed by atoms with E-state index in [0.29, 0.717) is 38.9 Å². The molecule has 1 aromatic rings. The van der Waals surface area contributed by atoms with Crippen LogP contribution in [0.1, 0.15) is 42.6 Å². The molecule has 0 spiro atoms. The van der Waals surface area contributed by atoms with Gasteiger partial charge in [0.25, 0.3) is 5.91 Å². The molecule has 0 bridgehead atoms. The van der Waals surface area contributed by atoms with Crippen LogP contribution in [-0.2, 0) is 19.1 Å². The molecule has 4 rings (SSSR count). The lowest BCUT2D eigenvalue weighted by atomic mass is 10.1. The van der Waals surface area contributed by atoms with E-state index in [-0.39, 0.29) is 36.5 Å². The van der Waals surface area contributed by atoms with Crippen molar-refractivity contribution < 1.29 is 28.7 Å². The summed E-state index contributed by atoms with van der Waals surface area (Å²) in [6, 6.07) is 2.71. The van der Waals surface area contributed by atoms with Gasteiger partial charge in [0.1, 0.15) is 17.8 Å². The number of piperazine rings is 1. The lowest BCUT2D eigenvalue weighted by Crippen LogP contribution is -2.52. The maximum atomic E-state index is 12.6. The summed E-state index contributed by atoms with van der Waals surface area (Å²) in [7, 11) is 0. The summed E-state index contributed by atoms with van der Waals surface area (Å²) >= 11 is 0. The highest BCUT2D eigenvalue weighted by Crippen LogP contribution is 2.18. The van der Waals surface area contributed by atoms with E-state index in [1.807, 2.05) is 11.0 Å². The first-order valence-corrected chi connectivity index (χ1v) is 12.6. The van der Waals surface area contributed by atoms with E-state index in [4.69, 9.17) is 10.5 Å². The standard InChI is InChI=1S/C24H33N7O6/c25-24(36)37-17-5-9-31(10-6-17)21(33)7-8-29-11-13-30(14-12-29)16-1-2-18(26-15-16)22(34)27-19-3-4-20(32)28-23(19)35/h1-2,15,17,19H,3-14H2,(H2,25,36)(H,27,34)(H,28,32,35). The zero-order valence-corrected chi connectivity index (χ0v) is 20.7. The van der Waals surface area contributed by atoms with Crippen molar-refractivity contribution in [1.29, 1.82) is 0 Å². The second-order valence-corrected chi connectivity index (χ2v) is 9.47. The molecule has 37 heavy (non-hydrogen) atoms. The predicted octanol–water partition coefficient (Wildman–Crippen LogP) is -0.785. The van der Waals surface area contributed by atoms with Crippen molar-refractivity contribution in [2.24, 2.45) is 5.73 Å². The minimum Gasteiger partial charge on any atom is -0.446 e. The Labute approximate surface area is 214 Å². The van der Waals surface area contributed by atoms with E-state index >= 15 is 0 Å². The van der Waals surface area contributed by atoms with Gasteiger partial charge >= 0.3 is 6.09 Å². The highest BCUT2D eigenvalue weighted by Gasteiger charge is 2.29. The molecular formula is C24H33N7O6. The SMILES string of the molecule is NC(=O)OC1CCN(C(=O)CCN2CCN(c3ccc(C(=O)NC4CCC(=O)NC4=O)nc3)CC2)CC1. The number of nitrogens with zero attached hydrogens (tertiary/aromatic N) is 4. The zero-order chi connectivity index (χ0) is 26.4. The van der Waals surface area contributed by atoms with Gasteiger partial charge in [0, 0.05) is 71.5 Å². The van der Waals surface area contributed by atoms with Gasteiger partial charge in [0.05, 0.1) is 11.9 Å². The molecule has 1 aromatic heterocycles. The number of nitrogens with two attached hydrogens (primary N) is 1. The molecule has 13 nitrogen and oxygen atoms in total. The van der Waals surface area contributed by atoms with Crippen molar-refractivity contribution in [3.63, 3.8) is 0 Å². The van der Waals surface area contributed by atoms with Gasteiger partial charge in [0.15, 0.2) is 0 Å². The van der Waals surface area contributed by atoms with Crippen molar-refractivity contribution in [2.45, 2.75) is 44.2 Å². The number of carbonyl (C=O) groups is 5. The Bertz CT molecular complexity index is 1020. The Morgan fingerprint density at radius 3 is 2.41 bits per heavy atom. The quantitative estimate of drug-likeness (QED) is 0.394. The number of piperidine rings is 2. The van der Waals surface area contributed by atoms with Crippen LogP contribution in [0, 0.1) is 0 Å². The molecule has 0 aromatic carbocycles. The second-order valence-electron chi connectivity index (χ2n) is 9.47. The molecule has 3 fully saturated rings. The molecule has 1 unspecified atom stereocenters.